The fourth-order valence-electron chi connectivity index (χ4n) is 4.62. The maximum absolute atomic E-state index is 6.04. The molecule has 0 spiro atoms. The monoisotopic (exact) mass is 433 g/mol. The normalized spacial score (nSPS) is 15.6. The standard InChI is InChI=1S/C25H27N5.ClH/c26-15-19-7-1-2-8-20(19)16-30(17-24-28-21-11-3-4-12-22(21)29-24)23-13-5-9-18-10-6-14-27-25(18)23;/h1-4,6-8,10-12,14,23H,5,9,13,15-17,26H2,(H,28,29);1H. The van der Waals surface area contributed by atoms with Crippen molar-refractivity contribution in [3.05, 3.63) is 95.1 Å². The zero-order valence-electron chi connectivity index (χ0n) is 17.5. The minimum Gasteiger partial charge on any atom is -0.341 e. The van der Waals surface area contributed by atoms with Crippen LogP contribution in [0.1, 0.15) is 47.1 Å². The largest absolute Gasteiger partial charge is 0.341 e. The molecule has 31 heavy (non-hydrogen) atoms. The van der Waals surface area contributed by atoms with Crippen molar-refractivity contribution >= 4 is 23.4 Å². The lowest BCUT2D eigenvalue weighted by Gasteiger charge is -2.35. The lowest BCUT2D eigenvalue weighted by Crippen LogP contribution is -2.32. The number of rotatable bonds is 6. The average molecular weight is 434 g/mol. The Morgan fingerprint density at radius 1 is 0.968 bits per heavy atom. The molecule has 5 nitrogen and oxygen atoms in total. The lowest BCUT2D eigenvalue weighted by atomic mass is 9.90. The molecule has 4 aromatic rings. The van der Waals surface area contributed by atoms with Crippen LogP contribution in [-0.4, -0.2) is 19.9 Å². The van der Waals surface area contributed by atoms with E-state index in [1.807, 2.05) is 18.3 Å². The Balaban J connectivity index is 0.00000231. The van der Waals surface area contributed by atoms with Gasteiger partial charge in [0.25, 0.3) is 0 Å². The van der Waals surface area contributed by atoms with Crippen LogP contribution in [0, 0.1) is 0 Å². The van der Waals surface area contributed by atoms with Crippen LogP contribution in [0.25, 0.3) is 11.0 Å². The van der Waals surface area contributed by atoms with Crippen molar-refractivity contribution in [2.24, 2.45) is 5.73 Å². The molecule has 0 fully saturated rings. The predicted octanol–water partition coefficient (Wildman–Crippen LogP) is 4.92. The van der Waals surface area contributed by atoms with Crippen LogP contribution in [0.4, 0.5) is 0 Å². The van der Waals surface area contributed by atoms with E-state index in [2.05, 4.69) is 58.4 Å². The highest BCUT2D eigenvalue weighted by Gasteiger charge is 2.28. The zero-order chi connectivity index (χ0) is 20.3. The number of hydrogen-bond acceptors (Lipinski definition) is 4. The molecular weight excluding hydrogens is 406 g/mol. The number of fused-ring (bicyclic) bond motifs is 2. The third kappa shape index (κ3) is 4.49. The van der Waals surface area contributed by atoms with E-state index in [1.165, 1.54) is 28.8 Å². The van der Waals surface area contributed by atoms with Gasteiger partial charge >= 0.3 is 0 Å². The summed E-state index contributed by atoms with van der Waals surface area (Å²) < 4.78 is 0. The highest BCUT2D eigenvalue weighted by atomic mass is 35.5. The van der Waals surface area contributed by atoms with Crippen LogP contribution >= 0.6 is 12.4 Å². The predicted molar refractivity (Wildman–Crippen MR) is 127 cm³/mol. The second kappa shape index (κ2) is 9.60. The first-order valence-electron chi connectivity index (χ1n) is 10.7. The summed E-state index contributed by atoms with van der Waals surface area (Å²) in [6.07, 6.45) is 5.31. The lowest BCUT2D eigenvalue weighted by molar-refractivity contribution is 0.153. The van der Waals surface area contributed by atoms with Crippen LogP contribution in [-0.2, 0) is 26.1 Å². The van der Waals surface area contributed by atoms with Gasteiger partial charge in [-0.15, -0.1) is 12.4 Å². The maximum atomic E-state index is 6.04. The van der Waals surface area contributed by atoms with E-state index in [1.54, 1.807) is 0 Å². The molecule has 1 aliphatic rings. The fraction of sp³-hybridized carbons (Fsp3) is 0.280. The highest BCUT2D eigenvalue weighted by molar-refractivity contribution is 5.85. The quantitative estimate of drug-likeness (QED) is 0.452. The van der Waals surface area contributed by atoms with Crippen LogP contribution in [0.15, 0.2) is 66.9 Å². The Hall–Kier alpha value is -2.73. The number of H-pyrrole nitrogens is 1. The number of imidazole rings is 1. The number of para-hydroxylation sites is 2. The molecule has 2 aromatic carbocycles. The van der Waals surface area contributed by atoms with E-state index in [9.17, 15) is 0 Å². The van der Waals surface area contributed by atoms with E-state index in [-0.39, 0.29) is 18.4 Å². The first-order valence-corrected chi connectivity index (χ1v) is 10.7. The van der Waals surface area contributed by atoms with E-state index < -0.39 is 0 Å². The van der Waals surface area contributed by atoms with Gasteiger partial charge in [-0.2, -0.15) is 0 Å². The Morgan fingerprint density at radius 2 is 1.77 bits per heavy atom. The molecule has 1 unspecified atom stereocenters. The smallest absolute Gasteiger partial charge is 0.121 e. The second-order valence-corrected chi connectivity index (χ2v) is 8.03. The van der Waals surface area contributed by atoms with Gasteiger partial charge < -0.3 is 10.7 Å². The van der Waals surface area contributed by atoms with Crippen molar-refractivity contribution in [3.63, 3.8) is 0 Å². The highest BCUT2D eigenvalue weighted by Crippen LogP contribution is 2.35. The Kier molecular flexibility index (Phi) is 6.66. The van der Waals surface area contributed by atoms with E-state index >= 15 is 0 Å². The molecular formula is C25H28ClN5. The number of aromatic amines is 1. The molecule has 1 aliphatic carbocycles. The number of pyridine rings is 1. The molecule has 2 heterocycles. The molecule has 2 aromatic heterocycles. The molecule has 1 atom stereocenters. The summed E-state index contributed by atoms with van der Waals surface area (Å²) in [7, 11) is 0. The number of aromatic nitrogens is 3. The molecule has 0 bridgehead atoms. The van der Waals surface area contributed by atoms with Gasteiger partial charge in [-0.3, -0.25) is 9.88 Å². The number of benzene rings is 2. The van der Waals surface area contributed by atoms with Crippen molar-refractivity contribution in [1.29, 1.82) is 0 Å². The van der Waals surface area contributed by atoms with Crippen LogP contribution < -0.4 is 5.73 Å². The van der Waals surface area contributed by atoms with Gasteiger partial charge in [-0.25, -0.2) is 4.98 Å². The third-order valence-electron chi connectivity index (χ3n) is 6.11. The summed E-state index contributed by atoms with van der Waals surface area (Å²) in [6.45, 7) is 2.12. The molecule has 0 saturated carbocycles. The summed E-state index contributed by atoms with van der Waals surface area (Å²) in [5.41, 5.74) is 13.2. The molecule has 0 aliphatic heterocycles. The minimum atomic E-state index is 0. The van der Waals surface area contributed by atoms with Crippen molar-refractivity contribution < 1.29 is 0 Å². The summed E-state index contributed by atoms with van der Waals surface area (Å²) in [4.78, 5) is 15.7. The van der Waals surface area contributed by atoms with E-state index in [4.69, 9.17) is 15.7 Å². The van der Waals surface area contributed by atoms with Crippen LogP contribution in [0.2, 0.25) is 0 Å². The number of halogens is 1. The van der Waals surface area contributed by atoms with Gasteiger partial charge in [-0.05, 0) is 54.2 Å². The topological polar surface area (TPSA) is 70.8 Å². The maximum Gasteiger partial charge on any atom is 0.121 e. The average Bonchev–Trinajstić information content (AvgIpc) is 3.21. The van der Waals surface area contributed by atoms with Crippen molar-refractivity contribution in [3.8, 4) is 0 Å². The third-order valence-corrected chi connectivity index (χ3v) is 6.11. The molecule has 0 radical (unpaired) electrons. The van der Waals surface area contributed by atoms with E-state index in [0.29, 0.717) is 6.54 Å². The molecule has 160 valence electrons. The SMILES string of the molecule is Cl.NCc1ccccc1CN(Cc1nc2ccccc2[nH]1)C1CCCc2cccnc21. The summed E-state index contributed by atoms with van der Waals surface area (Å²) in [5, 5.41) is 0. The number of hydrogen-bond donors (Lipinski definition) is 2. The van der Waals surface area contributed by atoms with Gasteiger partial charge in [0, 0.05) is 19.3 Å². The zero-order valence-corrected chi connectivity index (χ0v) is 18.3. The van der Waals surface area contributed by atoms with Crippen molar-refractivity contribution in [1.82, 2.24) is 19.9 Å². The number of nitrogens with zero attached hydrogens (tertiary/aromatic N) is 3. The number of nitrogens with two attached hydrogens (primary N) is 1. The first-order chi connectivity index (χ1) is 14.8. The molecule has 6 heteroatoms. The molecule has 3 N–H and O–H groups in total. The van der Waals surface area contributed by atoms with Gasteiger partial charge in [0.2, 0.25) is 0 Å². The first kappa shape index (κ1) is 21.5. The Labute approximate surface area is 189 Å². The summed E-state index contributed by atoms with van der Waals surface area (Å²) in [5.74, 6) is 0.990. The minimum absolute atomic E-state index is 0. The van der Waals surface area contributed by atoms with Gasteiger partial charge in [0.15, 0.2) is 0 Å². The Morgan fingerprint density at radius 3 is 2.61 bits per heavy atom. The summed E-state index contributed by atoms with van der Waals surface area (Å²) in [6, 6.07) is 21.2. The molecule has 0 saturated heterocycles. The van der Waals surface area contributed by atoms with Gasteiger partial charge in [0.1, 0.15) is 5.82 Å². The summed E-state index contributed by atoms with van der Waals surface area (Å²) >= 11 is 0. The molecule has 5 rings (SSSR count). The van der Waals surface area contributed by atoms with Gasteiger partial charge in [0.05, 0.1) is 29.3 Å². The van der Waals surface area contributed by atoms with Crippen molar-refractivity contribution in [2.75, 3.05) is 0 Å². The second-order valence-electron chi connectivity index (χ2n) is 8.03. The fourth-order valence-corrected chi connectivity index (χ4v) is 4.62. The molecule has 0 amide bonds. The number of nitrogens with one attached hydrogen (secondary N) is 1. The van der Waals surface area contributed by atoms with E-state index in [0.717, 1.165) is 42.8 Å². The van der Waals surface area contributed by atoms with Gasteiger partial charge in [-0.1, -0.05) is 42.5 Å². The van der Waals surface area contributed by atoms with Crippen LogP contribution in [0.3, 0.4) is 0 Å². The Bertz CT molecular complexity index is 1120. The number of aryl methyl sites for hydroxylation is 1. The van der Waals surface area contributed by atoms with Crippen molar-refractivity contribution in [2.45, 2.75) is 44.9 Å². The van der Waals surface area contributed by atoms with Crippen LogP contribution in [0.5, 0.6) is 0 Å².